The highest BCUT2D eigenvalue weighted by Gasteiger charge is 2.27. The number of nitrogens with zero attached hydrogens (tertiary/aromatic N) is 1. The Morgan fingerprint density at radius 1 is 0.596 bits per heavy atom. The quantitative estimate of drug-likeness (QED) is 0.0248. The predicted molar refractivity (Wildman–Crippen MR) is 194 cm³/mol. The third-order valence-corrected chi connectivity index (χ3v) is 9.40. The average Bonchev–Trinajstić information content (AvgIpc) is 3.50. The summed E-state index contributed by atoms with van der Waals surface area (Å²) in [5.41, 5.74) is 5.92. The lowest BCUT2D eigenvalue weighted by Crippen LogP contribution is -2.33. The predicted octanol–water partition coefficient (Wildman–Crippen LogP) is 10.2. The molecule has 1 amide bonds. The molecule has 0 aromatic heterocycles. The number of rotatable bonds is 32. The summed E-state index contributed by atoms with van der Waals surface area (Å²) in [5.74, 6) is -1.92. The minimum absolute atomic E-state index is 0.0743. The summed E-state index contributed by atoms with van der Waals surface area (Å²) >= 11 is 0. The number of aliphatic imine (C=N–C) groups is 1. The highest BCUT2D eigenvalue weighted by molar-refractivity contribution is 5.95. The Hall–Kier alpha value is -1.80. The van der Waals surface area contributed by atoms with Gasteiger partial charge < -0.3 is 21.3 Å². The molecule has 1 rings (SSSR count). The monoisotopic (exact) mass is 668 g/mol. The first kappa shape index (κ1) is 43.2. The number of carbonyl (C=O) groups is 1. The first-order valence-corrected chi connectivity index (χ1v) is 19.6. The summed E-state index contributed by atoms with van der Waals surface area (Å²) in [5, 5.41) is 20.4. The van der Waals surface area contributed by atoms with Crippen LogP contribution in [-0.4, -0.2) is 47.3 Å². The largest absolute Gasteiger partial charge is 0.396 e. The SMILES string of the molecule is NC(=NC1CCC(NC(=O)C(F)=CCCCCCCCCCCCCCCO)C1)C(F)=CCCCCCCCCCCCCCCO. The van der Waals surface area contributed by atoms with E-state index in [1.165, 1.54) is 108 Å². The number of nitrogens with two attached hydrogens (primary N) is 1. The number of carbonyl (C=O) groups excluding carboxylic acids is 1. The fourth-order valence-electron chi connectivity index (χ4n) is 6.42. The fraction of sp³-hybridized carbons (Fsp3) is 0.846. The fourth-order valence-corrected chi connectivity index (χ4v) is 6.42. The van der Waals surface area contributed by atoms with Crippen LogP contribution in [0.3, 0.4) is 0 Å². The molecule has 0 heterocycles. The van der Waals surface area contributed by atoms with Gasteiger partial charge in [-0.1, -0.05) is 128 Å². The molecular weight excluding hydrogens is 596 g/mol. The molecule has 0 aliphatic heterocycles. The van der Waals surface area contributed by atoms with Gasteiger partial charge in [-0.15, -0.1) is 0 Å². The highest BCUT2D eigenvalue weighted by atomic mass is 19.1. The lowest BCUT2D eigenvalue weighted by Gasteiger charge is -2.11. The second-order valence-electron chi connectivity index (χ2n) is 13.8. The molecule has 8 heteroatoms. The van der Waals surface area contributed by atoms with Crippen LogP contribution in [0.2, 0.25) is 0 Å². The normalized spacial score (nSPS) is 17.5. The molecule has 1 fully saturated rings. The average molecular weight is 668 g/mol. The number of hydrogen-bond donors (Lipinski definition) is 4. The van der Waals surface area contributed by atoms with Gasteiger partial charge in [0.15, 0.2) is 17.5 Å². The van der Waals surface area contributed by atoms with E-state index in [1.54, 1.807) is 0 Å². The van der Waals surface area contributed by atoms with Crippen LogP contribution in [-0.2, 0) is 4.79 Å². The van der Waals surface area contributed by atoms with Crippen molar-refractivity contribution in [3.8, 4) is 0 Å². The van der Waals surface area contributed by atoms with Crippen LogP contribution in [0.4, 0.5) is 8.78 Å². The van der Waals surface area contributed by atoms with E-state index in [0.717, 1.165) is 57.8 Å². The molecule has 0 saturated heterocycles. The van der Waals surface area contributed by atoms with Gasteiger partial charge in [-0.3, -0.25) is 9.79 Å². The molecule has 6 nitrogen and oxygen atoms in total. The Bertz CT molecular complexity index is 849. The van der Waals surface area contributed by atoms with Gasteiger partial charge in [-0.2, -0.15) is 0 Å². The first-order chi connectivity index (χ1) is 23.0. The Morgan fingerprint density at radius 2 is 0.957 bits per heavy atom. The second kappa shape index (κ2) is 31.5. The number of amidine groups is 1. The van der Waals surface area contributed by atoms with Crippen molar-refractivity contribution < 1.29 is 23.8 Å². The molecule has 1 aliphatic rings. The molecule has 1 saturated carbocycles. The number of aliphatic hydroxyl groups is 2. The molecular formula is C39H71F2N3O3. The number of halogens is 2. The maximum Gasteiger partial charge on any atom is 0.279 e. The lowest BCUT2D eigenvalue weighted by atomic mass is 10.0. The number of nitrogens with one attached hydrogen (secondary N) is 1. The Labute approximate surface area is 286 Å². The van der Waals surface area contributed by atoms with E-state index in [9.17, 15) is 13.6 Å². The molecule has 5 N–H and O–H groups in total. The van der Waals surface area contributed by atoms with Gasteiger partial charge in [-0.25, -0.2) is 8.78 Å². The Kier molecular flexibility index (Phi) is 28.9. The number of allylic oxidation sites excluding steroid dienone is 2. The smallest absolute Gasteiger partial charge is 0.279 e. The summed E-state index contributed by atoms with van der Waals surface area (Å²) in [6.45, 7) is 0.619. The van der Waals surface area contributed by atoms with Crippen molar-refractivity contribution in [3.63, 3.8) is 0 Å². The summed E-state index contributed by atoms with van der Waals surface area (Å²) in [4.78, 5) is 16.7. The zero-order valence-corrected chi connectivity index (χ0v) is 29.8. The molecule has 2 unspecified atom stereocenters. The Morgan fingerprint density at radius 3 is 1.36 bits per heavy atom. The lowest BCUT2D eigenvalue weighted by molar-refractivity contribution is -0.119. The van der Waals surface area contributed by atoms with E-state index < -0.39 is 17.6 Å². The van der Waals surface area contributed by atoms with Crippen molar-refractivity contribution in [2.24, 2.45) is 10.7 Å². The topological polar surface area (TPSA) is 108 Å². The standard InChI is InChI=1S/C39H71F2N3O3/c40-36(27-23-19-15-11-7-3-1-5-9-13-17-21-25-31-45)38(42)43-34-29-30-35(33-34)44-39(47)37(41)28-24-20-16-12-8-4-2-6-10-14-18-22-26-32-46/h27-28,34-35,45-46H,1-26,29-33H2,(H2,42,43)(H,44,47). The van der Waals surface area contributed by atoms with Crippen LogP contribution in [0.25, 0.3) is 0 Å². The van der Waals surface area contributed by atoms with Crippen LogP contribution in [0.5, 0.6) is 0 Å². The van der Waals surface area contributed by atoms with Gasteiger partial charge in [0.1, 0.15) is 0 Å². The molecule has 0 radical (unpaired) electrons. The summed E-state index contributed by atoms with van der Waals surface area (Å²) in [6, 6.07) is -0.337. The molecule has 0 aromatic carbocycles. The van der Waals surface area contributed by atoms with Crippen LogP contribution >= 0.6 is 0 Å². The zero-order valence-electron chi connectivity index (χ0n) is 29.8. The maximum absolute atomic E-state index is 14.5. The van der Waals surface area contributed by atoms with Crippen molar-refractivity contribution in [1.82, 2.24) is 5.32 Å². The van der Waals surface area contributed by atoms with Crippen LogP contribution in [0, 0.1) is 0 Å². The van der Waals surface area contributed by atoms with Gasteiger partial charge in [0, 0.05) is 19.3 Å². The number of amides is 1. The van der Waals surface area contributed by atoms with E-state index >= 15 is 0 Å². The number of unbranched alkanes of at least 4 members (excludes halogenated alkanes) is 24. The van der Waals surface area contributed by atoms with Crippen molar-refractivity contribution in [2.45, 2.75) is 198 Å². The molecule has 0 aromatic rings. The van der Waals surface area contributed by atoms with E-state index in [4.69, 9.17) is 15.9 Å². The first-order valence-electron chi connectivity index (χ1n) is 19.6. The molecule has 274 valence electrons. The second-order valence-corrected chi connectivity index (χ2v) is 13.8. The molecule has 0 spiro atoms. The summed E-state index contributed by atoms with van der Waals surface area (Å²) < 4.78 is 28.9. The molecule has 1 aliphatic carbocycles. The van der Waals surface area contributed by atoms with E-state index in [1.807, 2.05) is 0 Å². The van der Waals surface area contributed by atoms with E-state index in [2.05, 4.69) is 10.3 Å². The molecule has 47 heavy (non-hydrogen) atoms. The van der Waals surface area contributed by atoms with Crippen molar-refractivity contribution in [1.29, 1.82) is 0 Å². The highest BCUT2D eigenvalue weighted by Crippen LogP contribution is 2.23. The van der Waals surface area contributed by atoms with Crippen molar-refractivity contribution in [3.05, 3.63) is 23.8 Å². The Balaban J connectivity index is 2.08. The molecule has 2 atom stereocenters. The van der Waals surface area contributed by atoms with Crippen LogP contribution in [0.1, 0.15) is 186 Å². The van der Waals surface area contributed by atoms with Gasteiger partial charge in [0.2, 0.25) is 0 Å². The van der Waals surface area contributed by atoms with E-state index in [-0.39, 0.29) is 17.9 Å². The number of aliphatic hydroxyl groups excluding tert-OH is 2. The third-order valence-electron chi connectivity index (χ3n) is 9.40. The summed E-state index contributed by atoms with van der Waals surface area (Å²) in [7, 11) is 0. The number of hydrogen-bond acceptors (Lipinski definition) is 4. The molecule has 0 bridgehead atoms. The van der Waals surface area contributed by atoms with Crippen LogP contribution < -0.4 is 11.1 Å². The van der Waals surface area contributed by atoms with Crippen molar-refractivity contribution in [2.75, 3.05) is 13.2 Å². The van der Waals surface area contributed by atoms with Gasteiger partial charge in [-0.05, 0) is 69.9 Å². The minimum Gasteiger partial charge on any atom is -0.396 e. The van der Waals surface area contributed by atoms with Gasteiger partial charge in [0.25, 0.3) is 5.91 Å². The summed E-state index contributed by atoms with van der Waals surface area (Å²) in [6.07, 6.45) is 34.2. The van der Waals surface area contributed by atoms with Gasteiger partial charge >= 0.3 is 0 Å². The zero-order chi connectivity index (χ0) is 34.2. The van der Waals surface area contributed by atoms with Crippen LogP contribution in [0.15, 0.2) is 28.8 Å². The minimum atomic E-state index is -0.717. The van der Waals surface area contributed by atoms with Crippen molar-refractivity contribution >= 4 is 11.7 Å². The van der Waals surface area contributed by atoms with Gasteiger partial charge in [0.05, 0.1) is 6.04 Å². The third kappa shape index (κ3) is 25.8. The maximum atomic E-state index is 14.5. The van der Waals surface area contributed by atoms with E-state index in [0.29, 0.717) is 45.3 Å².